The standard InChI is InChI=1S/C32H33FN4O4S/c33-25-18-16-24(17-19-25)30(31(39)34-26-12-6-2-7-13-26)37(20-23-10-4-1-5-11-23)29(38)22-42-32-36-35-28(41-32)21-40-27-14-8-3-9-15-27/h1,3-5,8-11,14-19,26,30H,2,6-7,12-13,20-22H2,(H,34,39). The highest BCUT2D eigenvalue weighted by molar-refractivity contribution is 7.99. The summed E-state index contributed by atoms with van der Waals surface area (Å²) in [5.41, 5.74) is 1.41. The van der Waals surface area contributed by atoms with E-state index in [1.165, 1.54) is 12.1 Å². The van der Waals surface area contributed by atoms with Gasteiger partial charge in [0, 0.05) is 12.6 Å². The minimum absolute atomic E-state index is 0.0393. The number of aromatic nitrogens is 2. The van der Waals surface area contributed by atoms with Gasteiger partial charge in [0.25, 0.3) is 11.1 Å². The monoisotopic (exact) mass is 588 g/mol. The van der Waals surface area contributed by atoms with Crippen molar-refractivity contribution < 1.29 is 23.1 Å². The lowest BCUT2D eigenvalue weighted by atomic mass is 9.94. The molecule has 4 aromatic rings. The maximum Gasteiger partial charge on any atom is 0.277 e. The maximum atomic E-state index is 13.9. The maximum absolute atomic E-state index is 13.9. The van der Waals surface area contributed by atoms with E-state index >= 15 is 0 Å². The highest BCUT2D eigenvalue weighted by Gasteiger charge is 2.33. The number of hydrogen-bond donors (Lipinski definition) is 1. The molecule has 0 saturated heterocycles. The zero-order valence-electron chi connectivity index (χ0n) is 23.2. The molecule has 5 rings (SSSR count). The smallest absolute Gasteiger partial charge is 0.277 e. The van der Waals surface area contributed by atoms with Crippen molar-refractivity contribution in [2.24, 2.45) is 0 Å². The molecule has 3 aromatic carbocycles. The van der Waals surface area contributed by atoms with Gasteiger partial charge in [-0.3, -0.25) is 9.59 Å². The minimum atomic E-state index is -0.946. The summed E-state index contributed by atoms with van der Waals surface area (Å²) >= 11 is 1.09. The zero-order chi connectivity index (χ0) is 29.1. The number of carbonyl (C=O) groups excluding carboxylic acids is 2. The van der Waals surface area contributed by atoms with Gasteiger partial charge in [-0.2, -0.15) is 0 Å². The SMILES string of the molecule is O=C(NC1CCCCC1)C(c1ccc(F)cc1)N(Cc1ccccc1)C(=O)CSc1nnc(COc2ccccc2)o1. The molecular weight excluding hydrogens is 555 g/mol. The Morgan fingerprint density at radius 3 is 2.36 bits per heavy atom. The Morgan fingerprint density at radius 2 is 1.64 bits per heavy atom. The lowest BCUT2D eigenvalue weighted by molar-refractivity contribution is -0.140. The lowest BCUT2D eigenvalue weighted by Gasteiger charge is -2.33. The number of carbonyl (C=O) groups is 2. The quantitative estimate of drug-likeness (QED) is 0.200. The van der Waals surface area contributed by atoms with Gasteiger partial charge in [-0.15, -0.1) is 10.2 Å². The largest absolute Gasteiger partial charge is 0.484 e. The second-order valence-electron chi connectivity index (χ2n) is 10.2. The first-order valence-electron chi connectivity index (χ1n) is 14.1. The summed E-state index contributed by atoms with van der Waals surface area (Å²) in [6.45, 7) is 0.292. The Balaban J connectivity index is 1.33. The number of hydrogen-bond acceptors (Lipinski definition) is 7. The summed E-state index contributed by atoms with van der Waals surface area (Å²) in [5, 5.41) is 11.5. The van der Waals surface area contributed by atoms with Gasteiger partial charge in [0.1, 0.15) is 17.6 Å². The van der Waals surface area contributed by atoms with E-state index in [1.54, 1.807) is 17.0 Å². The number of halogens is 1. The van der Waals surface area contributed by atoms with Crippen molar-refractivity contribution in [1.82, 2.24) is 20.4 Å². The van der Waals surface area contributed by atoms with Crippen LogP contribution in [0.1, 0.15) is 55.2 Å². The predicted molar refractivity (Wildman–Crippen MR) is 157 cm³/mol. The molecule has 0 aliphatic heterocycles. The van der Waals surface area contributed by atoms with E-state index in [0.29, 0.717) is 11.3 Å². The molecule has 1 heterocycles. The van der Waals surface area contributed by atoms with Gasteiger partial charge >= 0.3 is 0 Å². The van der Waals surface area contributed by atoms with Gasteiger partial charge in [0.15, 0.2) is 6.61 Å². The van der Waals surface area contributed by atoms with Crippen molar-refractivity contribution in [3.05, 3.63) is 108 Å². The Kier molecular flexibility index (Phi) is 10.2. The second kappa shape index (κ2) is 14.6. The molecule has 1 atom stereocenters. The molecule has 218 valence electrons. The van der Waals surface area contributed by atoms with Gasteiger partial charge in [0.05, 0.1) is 5.75 Å². The van der Waals surface area contributed by atoms with Crippen molar-refractivity contribution in [3.8, 4) is 5.75 Å². The summed E-state index contributed by atoms with van der Waals surface area (Å²) in [5.74, 6) is -0.0631. The van der Waals surface area contributed by atoms with Crippen LogP contribution in [0.25, 0.3) is 0 Å². The third-order valence-corrected chi connectivity index (χ3v) is 7.89. The number of ether oxygens (including phenoxy) is 1. The van der Waals surface area contributed by atoms with Gasteiger partial charge < -0.3 is 19.4 Å². The molecule has 1 fully saturated rings. The molecule has 1 aromatic heterocycles. The van der Waals surface area contributed by atoms with Crippen LogP contribution in [0.2, 0.25) is 0 Å². The van der Waals surface area contributed by atoms with Crippen LogP contribution in [0.4, 0.5) is 4.39 Å². The van der Waals surface area contributed by atoms with E-state index in [4.69, 9.17) is 9.15 Å². The summed E-state index contributed by atoms with van der Waals surface area (Å²) in [4.78, 5) is 29.2. The highest BCUT2D eigenvalue weighted by Crippen LogP contribution is 2.28. The number of para-hydroxylation sites is 1. The number of thioether (sulfide) groups is 1. The zero-order valence-corrected chi connectivity index (χ0v) is 24.0. The van der Waals surface area contributed by atoms with Crippen LogP contribution in [0, 0.1) is 5.82 Å². The Bertz CT molecular complexity index is 1430. The van der Waals surface area contributed by atoms with Crippen LogP contribution in [0.15, 0.2) is 94.6 Å². The van der Waals surface area contributed by atoms with Gasteiger partial charge in [-0.1, -0.05) is 91.7 Å². The number of nitrogens with zero attached hydrogens (tertiary/aromatic N) is 3. The molecule has 2 amide bonds. The van der Waals surface area contributed by atoms with Gasteiger partial charge in [-0.25, -0.2) is 4.39 Å². The number of benzene rings is 3. The van der Waals surface area contributed by atoms with E-state index in [9.17, 15) is 14.0 Å². The van der Waals surface area contributed by atoms with Crippen LogP contribution in [-0.4, -0.2) is 38.7 Å². The Labute approximate surface area is 248 Å². The molecule has 1 aliphatic carbocycles. The van der Waals surface area contributed by atoms with Gasteiger partial charge in [-0.05, 0) is 48.2 Å². The molecule has 10 heteroatoms. The van der Waals surface area contributed by atoms with E-state index in [0.717, 1.165) is 49.4 Å². The number of nitrogens with one attached hydrogen (secondary N) is 1. The number of rotatable bonds is 12. The first kappa shape index (κ1) is 29.3. The summed E-state index contributed by atoms with van der Waals surface area (Å²) in [6.07, 6.45) is 5.06. The molecule has 0 spiro atoms. The Morgan fingerprint density at radius 1 is 0.952 bits per heavy atom. The minimum Gasteiger partial charge on any atom is -0.484 e. The first-order chi connectivity index (χ1) is 20.5. The summed E-state index contributed by atoms with van der Waals surface area (Å²) in [7, 11) is 0. The molecule has 0 bridgehead atoms. The van der Waals surface area contributed by atoms with Crippen molar-refractivity contribution in [1.29, 1.82) is 0 Å². The molecule has 1 N–H and O–H groups in total. The summed E-state index contributed by atoms with van der Waals surface area (Å²) in [6, 6.07) is 23.6. The molecule has 1 saturated carbocycles. The van der Waals surface area contributed by atoms with Gasteiger partial charge in [0.2, 0.25) is 11.8 Å². The van der Waals surface area contributed by atoms with Crippen molar-refractivity contribution in [2.45, 2.75) is 62.6 Å². The molecule has 8 nitrogen and oxygen atoms in total. The number of amides is 2. The molecular formula is C32H33FN4O4S. The predicted octanol–water partition coefficient (Wildman–Crippen LogP) is 6.10. The molecule has 42 heavy (non-hydrogen) atoms. The topological polar surface area (TPSA) is 97.6 Å². The average molecular weight is 589 g/mol. The van der Waals surface area contributed by atoms with Crippen LogP contribution in [0.5, 0.6) is 5.75 Å². The summed E-state index contributed by atoms with van der Waals surface area (Å²) < 4.78 is 25.2. The highest BCUT2D eigenvalue weighted by atomic mass is 32.2. The van der Waals surface area contributed by atoms with E-state index in [-0.39, 0.29) is 47.9 Å². The van der Waals surface area contributed by atoms with Crippen molar-refractivity contribution in [3.63, 3.8) is 0 Å². The van der Waals surface area contributed by atoms with E-state index in [2.05, 4.69) is 15.5 Å². The fourth-order valence-electron chi connectivity index (χ4n) is 4.97. The van der Waals surface area contributed by atoms with E-state index < -0.39 is 11.9 Å². The first-order valence-corrected chi connectivity index (χ1v) is 15.1. The molecule has 0 radical (unpaired) electrons. The van der Waals surface area contributed by atoms with Crippen LogP contribution >= 0.6 is 11.8 Å². The van der Waals surface area contributed by atoms with Crippen molar-refractivity contribution >= 4 is 23.6 Å². The third-order valence-electron chi connectivity index (χ3n) is 7.09. The van der Waals surface area contributed by atoms with Crippen LogP contribution < -0.4 is 10.1 Å². The Hall–Kier alpha value is -4.18. The lowest BCUT2D eigenvalue weighted by Crippen LogP contribution is -2.47. The fourth-order valence-corrected chi connectivity index (χ4v) is 5.64. The second-order valence-corrected chi connectivity index (χ2v) is 11.1. The molecule has 1 aliphatic rings. The van der Waals surface area contributed by atoms with Crippen LogP contribution in [-0.2, 0) is 22.7 Å². The fraction of sp³-hybridized carbons (Fsp3) is 0.312. The van der Waals surface area contributed by atoms with Crippen molar-refractivity contribution in [2.75, 3.05) is 5.75 Å². The molecule has 1 unspecified atom stereocenters. The van der Waals surface area contributed by atoms with E-state index in [1.807, 2.05) is 60.7 Å². The normalized spacial score (nSPS) is 14.2. The van der Waals surface area contributed by atoms with Crippen LogP contribution in [0.3, 0.4) is 0 Å². The third kappa shape index (κ3) is 8.19. The average Bonchev–Trinajstić information content (AvgIpc) is 3.49.